The van der Waals surface area contributed by atoms with E-state index in [1.54, 1.807) is 6.92 Å². The number of hydrogen-bond acceptors (Lipinski definition) is 1. The molecule has 0 saturated heterocycles. The molecule has 1 atom stereocenters. The predicted octanol–water partition coefficient (Wildman–Crippen LogP) is 4.34. The standard InChI is InChI=1S/C19H21F2NO/c1-3-14-4-6-15(7-5-14)8-11-19(23)22-13(2)16-9-10-17(20)18(21)12-16/h4-7,9-10,12-13H,3,8,11H2,1-2H3,(H,22,23). The molecule has 2 rings (SSSR count). The molecule has 0 spiro atoms. The molecule has 0 saturated carbocycles. The zero-order valence-electron chi connectivity index (χ0n) is 13.4. The maximum Gasteiger partial charge on any atom is 0.220 e. The highest BCUT2D eigenvalue weighted by molar-refractivity contribution is 5.76. The first kappa shape index (κ1) is 17.1. The number of aryl methyl sites for hydroxylation is 2. The molecule has 2 aromatic rings. The lowest BCUT2D eigenvalue weighted by molar-refractivity contribution is -0.121. The minimum absolute atomic E-state index is 0.109. The van der Waals surface area contributed by atoms with Gasteiger partial charge in [-0.15, -0.1) is 0 Å². The van der Waals surface area contributed by atoms with Crippen molar-refractivity contribution >= 4 is 5.91 Å². The highest BCUT2D eigenvalue weighted by atomic mass is 19.2. The molecule has 1 amide bonds. The van der Waals surface area contributed by atoms with Crippen molar-refractivity contribution in [1.29, 1.82) is 0 Å². The lowest BCUT2D eigenvalue weighted by Crippen LogP contribution is -2.26. The molecule has 0 radical (unpaired) electrons. The predicted molar refractivity (Wildman–Crippen MR) is 87.1 cm³/mol. The normalized spacial score (nSPS) is 12.0. The molecule has 0 aliphatic heterocycles. The van der Waals surface area contributed by atoms with E-state index in [2.05, 4.69) is 24.4 Å². The number of rotatable bonds is 6. The molecule has 122 valence electrons. The van der Waals surface area contributed by atoms with E-state index in [-0.39, 0.29) is 11.9 Å². The monoisotopic (exact) mass is 317 g/mol. The van der Waals surface area contributed by atoms with Crippen LogP contribution in [0.4, 0.5) is 8.78 Å². The lowest BCUT2D eigenvalue weighted by atomic mass is 10.0. The summed E-state index contributed by atoms with van der Waals surface area (Å²) in [6, 6.07) is 11.5. The van der Waals surface area contributed by atoms with Gasteiger partial charge in [0.15, 0.2) is 11.6 Å². The average molecular weight is 317 g/mol. The third-order valence-electron chi connectivity index (χ3n) is 3.89. The Bertz CT molecular complexity index is 668. The number of nitrogens with one attached hydrogen (secondary N) is 1. The largest absolute Gasteiger partial charge is 0.350 e. The third-order valence-corrected chi connectivity index (χ3v) is 3.89. The molecule has 0 aromatic heterocycles. The molecular weight excluding hydrogens is 296 g/mol. The molecular formula is C19H21F2NO. The van der Waals surface area contributed by atoms with Crippen molar-refractivity contribution in [2.45, 2.75) is 39.2 Å². The Morgan fingerprint density at radius 3 is 2.30 bits per heavy atom. The second-order valence-electron chi connectivity index (χ2n) is 5.63. The Hall–Kier alpha value is -2.23. The number of carbonyl (C=O) groups excluding carboxylic acids is 1. The van der Waals surface area contributed by atoms with Gasteiger partial charge < -0.3 is 5.32 Å². The summed E-state index contributed by atoms with van der Waals surface area (Å²) in [5.41, 5.74) is 2.92. The van der Waals surface area contributed by atoms with Gasteiger partial charge in [0.05, 0.1) is 6.04 Å². The van der Waals surface area contributed by atoms with Crippen molar-refractivity contribution in [3.63, 3.8) is 0 Å². The summed E-state index contributed by atoms with van der Waals surface area (Å²) in [5.74, 6) is -1.90. The maximum absolute atomic E-state index is 13.2. The van der Waals surface area contributed by atoms with Crippen molar-refractivity contribution in [1.82, 2.24) is 5.32 Å². The van der Waals surface area contributed by atoms with Gasteiger partial charge in [0.2, 0.25) is 5.91 Å². The highest BCUT2D eigenvalue weighted by Gasteiger charge is 2.12. The second kappa shape index (κ2) is 7.86. The fraction of sp³-hybridized carbons (Fsp3) is 0.316. The molecule has 0 aliphatic carbocycles. The summed E-state index contributed by atoms with van der Waals surface area (Å²) in [4.78, 5) is 12.0. The van der Waals surface area contributed by atoms with Gasteiger partial charge >= 0.3 is 0 Å². The first-order chi connectivity index (χ1) is 11.0. The topological polar surface area (TPSA) is 29.1 Å². The maximum atomic E-state index is 13.2. The zero-order valence-corrected chi connectivity index (χ0v) is 13.4. The quantitative estimate of drug-likeness (QED) is 0.844. The molecule has 4 heteroatoms. The number of benzene rings is 2. The van der Waals surface area contributed by atoms with E-state index in [0.29, 0.717) is 18.4 Å². The van der Waals surface area contributed by atoms with Crippen LogP contribution < -0.4 is 5.32 Å². The summed E-state index contributed by atoms with van der Waals surface area (Å²) in [6.45, 7) is 3.85. The zero-order chi connectivity index (χ0) is 16.8. The van der Waals surface area contributed by atoms with E-state index in [0.717, 1.165) is 24.1 Å². The number of carbonyl (C=O) groups is 1. The van der Waals surface area contributed by atoms with E-state index in [1.165, 1.54) is 11.6 Å². The highest BCUT2D eigenvalue weighted by Crippen LogP contribution is 2.16. The molecule has 0 bridgehead atoms. The van der Waals surface area contributed by atoms with Crippen LogP contribution in [0.2, 0.25) is 0 Å². The van der Waals surface area contributed by atoms with Gasteiger partial charge in [-0.05, 0) is 48.6 Å². The van der Waals surface area contributed by atoms with Crippen LogP contribution in [-0.2, 0) is 17.6 Å². The Morgan fingerprint density at radius 1 is 1.04 bits per heavy atom. The van der Waals surface area contributed by atoms with Crippen LogP contribution >= 0.6 is 0 Å². The van der Waals surface area contributed by atoms with Crippen LogP contribution in [0.3, 0.4) is 0 Å². The smallest absolute Gasteiger partial charge is 0.220 e. The molecule has 1 N–H and O–H groups in total. The lowest BCUT2D eigenvalue weighted by Gasteiger charge is -2.14. The Balaban J connectivity index is 1.86. The van der Waals surface area contributed by atoms with E-state index in [1.807, 2.05) is 12.1 Å². The summed E-state index contributed by atoms with van der Waals surface area (Å²) in [6.07, 6.45) is 2.01. The van der Waals surface area contributed by atoms with Gasteiger partial charge in [-0.1, -0.05) is 37.3 Å². The van der Waals surface area contributed by atoms with Gasteiger partial charge in [0.25, 0.3) is 0 Å². The van der Waals surface area contributed by atoms with E-state index in [4.69, 9.17) is 0 Å². The van der Waals surface area contributed by atoms with Crippen molar-refractivity contribution in [3.8, 4) is 0 Å². The Labute approximate surface area is 135 Å². The third kappa shape index (κ3) is 4.88. The van der Waals surface area contributed by atoms with Crippen molar-refractivity contribution in [2.24, 2.45) is 0 Å². The van der Waals surface area contributed by atoms with Crippen molar-refractivity contribution in [3.05, 3.63) is 70.8 Å². The number of amides is 1. The summed E-state index contributed by atoms with van der Waals surface area (Å²) in [7, 11) is 0. The van der Waals surface area contributed by atoms with Gasteiger partial charge in [-0.3, -0.25) is 4.79 Å². The number of halogens is 2. The van der Waals surface area contributed by atoms with E-state index in [9.17, 15) is 13.6 Å². The van der Waals surface area contributed by atoms with Crippen LogP contribution in [0.1, 0.15) is 43.0 Å². The minimum atomic E-state index is -0.903. The fourth-order valence-electron chi connectivity index (χ4n) is 2.38. The fourth-order valence-corrected chi connectivity index (χ4v) is 2.38. The average Bonchev–Trinajstić information content (AvgIpc) is 2.55. The first-order valence-electron chi connectivity index (χ1n) is 7.81. The molecule has 0 heterocycles. The Morgan fingerprint density at radius 2 is 1.70 bits per heavy atom. The van der Waals surface area contributed by atoms with Gasteiger partial charge in [0.1, 0.15) is 0 Å². The van der Waals surface area contributed by atoms with Crippen LogP contribution in [0.5, 0.6) is 0 Å². The Kier molecular flexibility index (Phi) is 5.85. The van der Waals surface area contributed by atoms with Crippen LogP contribution in [0.25, 0.3) is 0 Å². The SMILES string of the molecule is CCc1ccc(CCC(=O)NC(C)c2ccc(F)c(F)c2)cc1. The van der Waals surface area contributed by atoms with E-state index >= 15 is 0 Å². The van der Waals surface area contributed by atoms with Crippen LogP contribution in [-0.4, -0.2) is 5.91 Å². The van der Waals surface area contributed by atoms with Crippen molar-refractivity contribution in [2.75, 3.05) is 0 Å². The summed E-state index contributed by atoms with van der Waals surface area (Å²) in [5, 5.41) is 2.81. The summed E-state index contributed by atoms with van der Waals surface area (Å²) >= 11 is 0. The molecule has 0 aliphatic rings. The van der Waals surface area contributed by atoms with Crippen LogP contribution in [0.15, 0.2) is 42.5 Å². The van der Waals surface area contributed by atoms with Gasteiger partial charge in [0, 0.05) is 6.42 Å². The van der Waals surface area contributed by atoms with Gasteiger partial charge in [-0.2, -0.15) is 0 Å². The van der Waals surface area contributed by atoms with Crippen molar-refractivity contribution < 1.29 is 13.6 Å². The molecule has 0 fully saturated rings. The molecule has 1 unspecified atom stereocenters. The minimum Gasteiger partial charge on any atom is -0.350 e. The van der Waals surface area contributed by atoms with Gasteiger partial charge in [-0.25, -0.2) is 8.78 Å². The number of hydrogen-bond donors (Lipinski definition) is 1. The molecule has 2 nitrogen and oxygen atoms in total. The summed E-state index contributed by atoms with van der Waals surface area (Å²) < 4.78 is 26.1. The molecule has 23 heavy (non-hydrogen) atoms. The second-order valence-corrected chi connectivity index (χ2v) is 5.63. The molecule has 2 aromatic carbocycles. The van der Waals surface area contributed by atoms with E-state index < -0.39 is 11.6 Å². The van der Waals surface area contributed by atoms with Crippen LogP contribution in [0, 0.1) is 11.6 Å². The first-order valence-corrected chi connectivity index (χ1v) is 7.81.